The van der Waals surface area contributed by atoms with Gasteiger partial charge in [-0.3, -0.25) is 24.6 Å². The van der Waals surface area contributed by atoms with Gasteiger partial charge in [0.2, 0.25) is 23.7 Å². The summed E-state index contributed by atoms with van der Waals surface area (Å²) in [4.78, 5) is 60.7. The largest absolute Gasteiger partial charge is 0.368 e. The zero-order chi connectivity index (χ0) is 33.4. The number of imide groups is 1. The van der Waals surface area contributed by atoms with Crippen LogP contribution in [0.4, 0.5) is 21.8 Å². The third-order valence-corrected chi connectivity index (χ3v) is 9.58. The lowest BCUT2D eigenvalue weighted by molar-refractivity contribution is -0.134. The quantitative estimate of drug-likeness (QED) is 0.213. The van der Waals surface area contributed by atoms with E-state index in [-0.39, 0.29) is 30.2 Å². The monoisotopic (exact) mass is 654 g/mol. The van der Waals surface area contributed by atoms with Crippen molar-refractivity contribution < 1.29 is 18.8 Å². The first-order valence-electron chi connectivity index (χ1n) is 16.5. The molecule has 14 heteroatoms. The van der Waals surface area contributed by atoms with E-state index in [0.29, 0.717) is 41.6 Å². The number of rotatable bonds is 8. The first-order chi connectivity index (χ1) is 23.2. The molecule has 2 aliphatic heterocycles. The summed E-state index contributed by atoms with van der Waals surface area (Å²) >= 11 is 0. The highest BCUT2D eigenvalue weighted by Crippen LogP contribution is 2.35. The standard InChI is InChI=1S/C34H39FN10O3/c1-42(2)33(48)27-16-22-18-38-34(41-31(22)45(27)24-5-3-4-6-24)39-28-9-7-25(19-36-28)44-13-11-43(12-14-44)20-23-15-21(17-37-30(23)35)26-8-10-29(46)40-32(26)47/h7,9,15-19,24,26H,3-6,8,10-14,20H2,1-2H3,(H,40,46,47)(H,36,38,39,41). The van der Waals surface area contributed by atoms with Crippen molar-refractivity contribution in [1.82, 2.24) is 39.6 Å². The topological polar surface area (TPSA) is 141 Å². The number of nitrogens with one attached hydrogen (secondary N) is 2. The molecule has 2 saturated heterocycles. The molecule has 6 heterocycles. The van der Waals surface area contributed by atoms with Gasteiger partial charge < -0.3 is 19.7 Å². The Labute approximate surface area is 277 Å². The van der Waals surface area contributed by atoms with Gasteiger partial charge in [-0.1, -0.05) is 12.8 Å². The molecule has 0 aromatic carbocycles. The Hall–Kier alpha value is -4.98. The smallest absolute Gasteiger partial charge is 0.270 e. The Morgan fingerprint density at radius 3 is 2.50 bits per heavy atom. The number of amides is 3. The van der Waals surface area contributed by atoms with Gasteiger partial charge >= 0.3 is 0 Å². The predicted molar refractivity (Wildman–Crippen MR) is 177 cm³/mol. The molecule has 0 bridgehead atoms. The molecule has 2 N–H and O–H groups in total. The van der Waals surface area contributed by atoms with Crippen molar-refractivity contribution in [2.45, 2.75) is 57.0 Å². The van der Waals surface area contributed by atoms with Crippen LogP contribution in [0.1, 0.15) is 72.1 Å². The maximum atomic E-state index is 14.7. The van der Waals surface area contributed by atoms with Crippen molar-refractivity contribution in [1.29, 1.82) is 0 Å². The van der Waals surface area contributed by atoms with E-state index in [4.69, 9.17) is 4.98 Å². The van der Waals surface area contributed by atoms with Gasteiger partial charge in [0.15, 0.2) is 0 Å². The maximum Gasteiger partial charge on any atom is 0.270 e. The van der Waals surface area contributed by atoms with Crippen molar-refractivity contribution in [2.24, 2.45) is 0 Å². The number of fused-ring (bicyclic) bond motifs is 1. The van der Waals surface area contributed by atoms with Crippen LogP contribution in [0.25, 0.3) is 11.0 Å². The van der Waals surface area contributed by atoms with Crippen molar-refractivity contribution in [3.63, 3.8) is 0 Å². The summed E-state index contributed by atoms with van der Waals surface area (Å²) in [6.07, 6.45) is 9.94. The Balaban J connectivity index is 0.986. The molecule has 1 atom stereocenters. The SMILES string of the molecule is CN(C)C(=O)c1cc2cnc(Nc3ccc(N4CCN(Cc5cc(C6CCC(=O)NC6=O)cnc5F)CC4)cn3)nc2n1C1CCCC1. The van der Waals surface area contributed by atoms with E-state index in [1.54, 1.807) is 31.3 Å². The number of piperidine rings is 1. The van der Waals surface area contributed by atoms with Gasteiger partial charge in [-0.05, 0) is 49.1 Å². The molecule has 0 radical (unpaired) electrons. The molecular formula is C34H39FN10O3. The minimum Gasteiger partial charge on any atom is -0.368 e. The fourth-order valence-corrected chi connectivity index (χ4v) is 6.99. The van der Waals surface area contributed by atoms with Crippen LogP contribution in [0.5, 0.6) is 0 Å². The second-order valence-electron chi connectivity index (χ2n) is 13.0. The minimum absolute atomic E-state index is 0.0457. The number of nitrogens with zero attached hydrogens (tertiary/aromatic N) is 8. The zero-order valence-electron chi connectivity index (χ0n) is 27.2. The average Bonchev–Trinajstić information content (AvgIpc) is 3.74. The minimum atomic E-state index is -0.543. The number of pyridine rings is 2. The van der Waals surface area contributed by atoms with Crippen LogP contribution in [0, 0.1) is 5.95 Å². The van der Waals surface area contributed by atoms with Crippen LogP contribution in [-0.2, 0) is 16.1 Å². The number of carbonyl (C=O) groups excluding carboxylic acids is 3. The van der Waals surface area contributed by atoms with E-state index < -0.39 is 11.9 Å². The Kier molecular flexibility index (Phi) is 8.73. The molecule has 7 rings (SSSR count). The number of hydrogen-bond acceptors (Lipinski definition) is 10. The average molecular weight is 655 g/mol. The van der Waals surface area contributed by atoms with Gasteiger partial charge in [0.05, 0.1) is 17.8 Å². The number of anilines is 3. The Morgan fingerprint density at radius 1 is 1.00 bits per heavy atom. The summed E-state index contributed by atoms with van der Waals surface area (Å²) in [7, 11) is 3.52. The molecule has 250 valence electrons. The van der Waals surface area contributed by atoms with E-state index in [1.165, 1.54) is 6.20 Å². The summed E-state index contributed by atoms with van der Waals surface area (Å²) in [6, 6.07) is 7.73. The summed E-state index contributed by atoms with van der Waals surface area (Å²) in [5.41, 5.74) is 3.44. The van der Waals surface area contributed by atoms with E-state index in [0.717, 1.165) is 68.6 Å². The molecule has 13 nitrogen and oxygen atoms in total. The van der Waals surface area contributed by atoms with Gasteiger partial charge in [0, 0.05) is 82.6 Å². The third kappa shape index (κ3) is 6.44. The van der Waals surface area contributed by atoms with E-state index in [1.807, 2.05) is 24.4 Å². The molecule has 3 aliphatic rings. The number of hydrogen-bond donors (Lipinski definition) is 2. The van der Waals surface area contributed by atoms with Crippen LogP contribution in [0.15, 0.2) is 42.9 Å². The first kappa shape index (κ1) is 31.6. The summed E-state index contributed by atoms with van der Waals surface area (Å²) in [5, 5.41) is 6.42. The molecule has 3 fully saturated rings. The molecule has 0 spiro atoms. The van der Waals surface area contributed by atoms with Crippen molar-refractivity contribution in [3.8, 4) is 0 Å². The lowest BCUT2D eigenvalue weighted by Gasteiger charge is -2.36. The highest BCUT2D eigenvalue weighted by atomic mass is 19.1. The Morgan fingerprint density at radius 2 is 1.79 bits per heavy atom. The zero-order valence-corrected chi connectivity index (χ0v) is 27.2. The summed E-state index contributed by atoms with van der Waals surface area (Å²) in [5.74, 6) is -0.699. The van der Waals surface area contributed by atoms with E-state index >= 15 is 0 Å². The number of piperazine rings is 1. The molecule has 1 unspecified atom stereocenters. The van der Waals surface area contributed by atoms with Gasteiger partial charge in [-0.25, -0.2) is 15.0 Å². The van der Waals surface area contributed by atoms with Gasteiger partial charge in [0.1, 0.15) is 17.2 Å². The predicted octanol–water partition coefficient (Wildman–Crippen LogP) is 3.76. The fraction of sp³-hybridized carbons (Fsp3) is 0.441. The van der Waals surface area contributed by atoms with Crippen molar-refractivity contribution in [2.75, 3.05) is 50.5 Å². The summed E-state index contributed by atoms with van der Waals surface area (Å²) in [6.45, 7) is 3.29. The molecule has 1 saturated carbocycles. The maximum absolute atomic E-state index is 14.7. The van der Waals surface area contributed by atoms with Crippen LogP contribution >= 0.6 is 0 Å². The number of halogens is 1. The van der Waals surface area contributed by atoms with E-state index in [9.17, 15) is 18.8 Å². The number of carbonyl (C=O) groups is 3. The lowest BCUT2D eigenvalue weighted by Crippen LogP contribution is -2.46. The van der Waals surface area contributed by atoms with Gasteiger partial charge in [0.25, 0.3) is 5.91 Å². The Bertz CT molecular complexity index is 1850. The highest BCUT2D eigenvalue weighted by Gasteiger charge is 2.30. The van der Waals surface area contributed by atoms with Gasteiger partial charge in [-0.15, -0.1) is 0 Å². The van der Waals surface area contributed by atoms with Crippen LogP contribution in [0.3, 0.4) is 0 Å². The fourth-order valence-electron chi connectivity index (χ4n) is 6.99. The second-order valence-corrected chi connectivity index (χ2v) is 13.0. The highest BCUT2D eigenvalue weighted by molar-refractivity contribution is 6.01. The lowest BCUT2D eigenvalue weighted by atomic mass is 9.91. The molecule has 4 aromatic rings. The summed E-state index contributed by atoms with van der Waals surface area (Å²) < 4.78 is 16.8. The van der Waals surface area contributed by atoms with E-state index in [2.05, 4.69) is 40.0 Å². The third-order valence-electron chi connectivity index (χ3n) is 9.58. The second kappa shape index (κ2) is 13.3. The molecule has 48 heavy (non-hydrogen) atoms. The van der Waals surface area contributed by atoms with Crippen LogP contribution < -0.4 is 15.5 Å². The number of aromatic nitrogens is 5. The molecule has 3 amide bonds. The molecule has 1 aliphatic carbocycles. The molecular weight excluding hydrogens is 615 g/mol. The van der Waals surface area contributed by atoms with Crippen LogP contribution in [-0.4, -0.2) is 92.3 Å². The molecule has 4 aromatic heterocycles. The van der Waals surface area contributed by atoms with Crippen molar-refractivity contribution in [3.05, 3.63) is 65.6 Å². The van der Waals surface area contributed by atoms with Gasteiger partial charge in [-0.2, -0.15) is 9.37 Å². The first-order valence-corrected chi connectivity index (χ1v) is 16.5. The van der Waals surface area contributed by atoms with Crippen molar-refractivity contribution >= 4 is 46.2 Å². The normalized spacial score (nSPS) is 19.1. The van der Waals surface area contributed by atoms with Crippen LogP contribution in [0.2, 0.25) is 0 Å².